The minimum absolute atomic E-state index is 0.0242. The van der Waals surface area contributed by atoms with Crippen LogP contribution in [0.4, 0.5) is 5.69 Å². The Hall–Kier alpha value is -2.89. The highest BCUT2D eigenvalue weighted by molar-refractivity contribution is 6.47. The zero-order valence-corrected chi connectivity index (χ0v) is 13.3. The van der Waals surface area contributed by atoms with Crippen molar-refractivity contribution in [3.63, 3.8) is 0 Å². The number of benzene rings is 3. The molecule has 0 spiro atoms. The molecule has 3 rings (SSSR count). The summed E-state index contributed by atoms with van der Waals surface area (Å²) in [6.45, 7) is 0. The van der Waals surface area contributed by atoms with Crippen LogP contribution in [-0.4, -0.2) is 22.0 Å². The van der Waals surface area contributed by atoms with Crippen LogP contribution in [0.25, 0.3) is 10.8 Å². The van der Waals surface area contributed by atoms with Crippen molar-refractivity contribution in [1.29, 1.82) is 0 Å². The van der Waals surface area contributed by atoms with E-state index in [2.05, 4.69) is 10.1 Å². The number of halogens is 1. The fraction of sp³-hybridized carbons (Fsp3) is 0. The van der Waals surface area contributed by atoms with E-state index in [4.69, 9.17) is 11.6 Å². The van der Waals surface area contributed by atoms with E-state index in [1.165, 1.54) is 0 Å². The zero-order valence-electron chi connectivity index (χ0n) is 12.5. The molecule has 0 aliphatic heterocycles. The van der Waals surface area contributed by atoms with Crippen LogP contribution in [0.2, 0.25) is 5.02 Å². The first-order valence-electron chi connectivity index (χ1n) is 7.18. The molecule has 120 valence electrons. The van der Waals surface area contributed by atoms with E-state index in [9.17, 15) is 10.4 Å². The van der Waals surface area contributed by atoms with Gasteiger partial charge in [0.25, 0.3) is 0 Å². The number of nitrogens with zero attached hydrogens (tertiary/aromatic N) is 2. The molecular formula is C18H14ClN3O2. The Bertz CT molecular complexity index is 916. The van der Waals surface area contributed by atoms with Crippen LogP contribution >= 0.6 is 11.6 Å². The van der Waals surface area contributed by atoms with Crippen molar-refractivity contribution in [3.8, 4) is 0 Å². The average molecular weight is 340 g/mol. The number of hydrogen-bond donors (Lipinski definition) is 3. The van der Waals surface area contributed by atoms with Crippen molar-refractivity contribution < 1.29 is 10.4 Å². The lowest BCUT2D eigenvalue weighted by molar-refractivity contribution is 0.236. The number of fused-ring (bicyclic) bond motifs is 1. The molecule has 0 unspecified atom stereocenters. The third kappa shape index (κ3) is 3.22. The van der Waals surface area contributed by atoms with Crippen LogP contribution in [0.3, 0.4) is 0 Å². The number of hydroxylamine groups is 1. The van der Waals surface area contributed by atoms with Gasteiger partial charge in [-0.15, -0.1) is 0 Å². The summed E-state index contributed by atoms with van der Waals surface area (Å²) in [6.07, 6.45) is 0. The molecule has 0 aliphatic carbocycles. The third-order valence-corrected chi connectivity index (χ3v) is 3.80. The summed E-state index contributed by atoms with van der Waals surface area (Å²) in [5, 5.41) is 24.6. The van der Waals surface area contributed by atoms with Gasteiger partial charge >= 0.3 is 0 Å². The maximum absolute atomic E-state index is 9.48. The van der Waals surface area contributed by atoms with Gasteiger partial charge in [0.05, 0.1) is 5.69 Å². The highest BCUT2D eigenvalue weighted by atomic mass is 35.5. The molecule has 24 heavy (non-hydrogen) atoms. The van der Waals surface area contributed by atoms with Crippen LogP contribution in [0.5, 0.6) is 0 Å². The summed E-state index contributed by atoms with van der Waals surface area (Å²) >= 11 is 5.87. The van der Waals surface area contributed by atoms with Gasteiger partial charge in [-0.2, -0.15) is 0 Å². The van der Waals surface area contributed by atoms with Gasteiger partial charge in [0.1, 0.15) is 0 Å². The summed E-state index contributed by atoms with van der Waals surface area (Å²) in [5.74, 6) is 0.0242. The molecule has 0 aliphatic rings. The first-order valence-corrected chi connectivity index (χ1v) is 7.55. The lowest BCUT2D eigenvalue weighted by atomic mass is 10.1. The summed E-state index contributed by atoms with van der Waals surface area (Å²) in [7, 11) is 0. The Kier molecular flexibility index (Phi) is 4.74. The Morgan fingerprint density at radius 1 is 0.917 bits per heavy atom. The fourth-order valence-electron chi connectivity index (χ4n) is 2.41. The normalized spacial score (nSPS) is 12.4. The molecule has 0 fully saturated rings. The molecule has 0 saturated carbocycles. The Morgan fingerprint density at radius 2 is 1.62 bits per heavy atom. The van der Waals surface area contributed by atoms with E-state index in [0.29, 0.717) is 16.3 Å². The summed E-state index contributed by atoms with van der Waals surface area (Å²) in [4.78, 5) is 4.41. The van der Waals surface area contributed by atoms with E-state index < -0.39 is 0 Å². The lowest BCUT2D eigenvalue weighted by Crippen LogP contribution is -2.29. The van der Waals surface area contributed by atoms with Crippen LogP contribution < -0.4 is 5.48 Å². The number of aliphatic imine (C=N–C) groups is 1. The predicted octanol–water partition coefficient (Wildman–Crippen LogP) is 4.38. The molecule has 0 bridgehead atoms. The zero-order chi connectivity index (χ0) is 16.9. The molecular weight excluding hydrogens is 326 g/mol. The van der Waals surface area contributed by atoms with Gasteiger partial charge < -0.3 is 5.21 Å². The first kappa shape index (κ1) is 16.0. The maximum atomic E-state index is 9.48. The SMILES string of the molecule is O/N=C(/C(=Nc1cccc2ccccc12)NO)c1ccc(Cl)cc1. The van der Waals surface area contributed by atoms with Crippen molar-refractivity contribution in [2.45, 2.75) is 0 Å². The van der Waals surface area contributed by atoms with Crippen LogP contribution in [-0.2, 0) is 0 Å². The van der Waals surface area contributed by atoms with Crippen molar-refractivity contribution >= 4 is 39.6 Å². The second-order valence-electron chi connectivity index (χ2n) is 5.03. The van der Waals surface area contributed by atoms with Crippen molar-refractivity contribution in [3.05, 3.63) is 77.3 Å². The summed E-state index contributed by atoms with van der Waals surface area (Å²) < 4.78 is 0. The smallest absolute Gasteiger partial charge is 0.180 e. The number of rotatable bonds is 3. The molecule has 0 saturated heterocycles. The van der Waals surface area contributed by atoms with Gasteiger partial charge in [-0.1, -0.05) is 65.3 Å². The number of oxime groups is 1. The van der Waals surface area contributed by atoms with Crippen LogP contribution in [0, 0.1) is 0 Å². The summed E-state index contributed by atoms with van der Waals surface area (Å²) in [6, 6.07) is 20.1. The van der Waals surface area contributed by atoms with Crippen molar-refractivity contribution in [2.24, 2.45) is 10.1 Å². The standard InChI is InChI=1S/C18H14ClN3O2/c19-14-10-8-13(9-11-14)17(21-23)18(22-24)20-16-7-3-5-12-4-1-2-6-15(12)16/h1-11,23-24H,(H,20,22)/b21-17+. The minimum Gasteiger partial charge on any atom is -0.410 e. The Balaban J connectivity index is 2.09. The van der Waals surface area contributed by atoms with Gasteiger partial charge in [-0.05, 0) is 23.6 Å². The molecule has 0 amide bonds. The molecule has 3 aromatic carbocycles. The minimum atomic E-state index is 0.0242. The topological polar surface area (TPSA) is 77.2 Å². The largest absolute Gasteiger partial charge is 0.410 e. The van der Waals surface area contributed by atoms with E-state index >= 15 is 0 Å². The third-order valence-electron chi connectivity index (χ3n) is 3.55. The van der Waals surface area contributed by atoms with E-state index in [1.807, 2.05) is 47.9 Å². The molecule has 0 heterocycles. The Morgan fingerprint density at radius 3 is 2.33 bits per heavy atom. The maximum Gasteiger partial charge on any atom is 0.180 e. The first-order chi connectivity index (χ1) is 11.7. The molecule has 0 aromatic heterocycles. The number of hydrogen-bond acceptors (Lipinski definition) is 4. The quantitative estimate of drug-likeness (QED) is 0.287. The highest BCUT2D eigenvalue weighted by Gasteiger charge is 2.13. The number of amidine groups is 1. The van der Waals surface area contributed by atoms with E-state index in [-0.39, 0.29) is 11.5 Å². The van der Waals surface area contributed by atoms with Gasteiger partial charge in [0.15, 0.2) is 11.5 Å². The molecule has 0 radical (unpaired) electrons. The molecule has 3 aromatic rings. The summed E-state index contributed by atoms with van der Waals surface area (Å²) in [5.41, 5.74) is 3.30. The molecule has 5 nitrogen and oxygen atoms in total. The van der Waals surface area contributed by atoms with Crippen molar-refractivity contribution in [1.82, 2.24) is 5.48 Å². The van der Waals surface area contributed by atoms with E-state index in [1.54, 1.807) is 24.3 Å². The number of nitrogens with one attached hydrogen (secondary N) is 1. The highest BCUT2D eigenvalue weighted by Crippen LogP contribution is 2.26. The molecule has 3 N–H and O–H groups in total. The lowest BCUT2D eigenvalue weighted by Gasteiger charge is -2.09. The van der Waals surface area contributed by atoms with Crippen molar-refractivity contribution in [2.75, 3.05) is 0 Å². The van der Waals surface area contributed by atoms with Gasteiger partial charge in [0.2, 0.25) is 0 Å². The molecule has 0 atom stereocenters. The van der Waals surface area contributed by atoms with E-state index in [0.717, 1.165) is 10.8 Å². The van der Waals surface area contributed by atoms with Gasteiger partial charge in [-0.25, -0.2) is 4.99 Å². The molecule has 6 heteroatoms. The van der Waals surface area contributed by atoms with Crippen LogP contribution in [0.1, 0.15) is 5.56 Å². The monoisotopic (exact) mass is 339 g/mol. The van der Waals surface area contributed by atoms with Gasteiger partial charge in [0, 0.05) is 16.0 Å². The van der Waals surface area contributed by atoms with Crippen LogP contribution in [0.15, 0.2) is 76.9 Å². The second-order valence-corrected chi connectivity index (χ2v) is 5.46. The average Bonchev–Trinajstić information content (AvgIpc) is 2.63. The Labute approximate surface area is 143 Å². The predicted molar refractivity (Wildman–Crippen MR) is 95.7 cm³/mol. The van der Waals surface area contributed by atoms with Gasteiger partial charge in [-0.3, -0.25) is 10.7 Å². The second kappa shape index (κ2) is 7.12. The fourth-order valence-corrected chi connectivity index (χ4v) is 2.53.